The highest BCUT2D eigenvalue weighted by atomic mass is 79.9. The Morgan fingerprint density at radius 2 is 1.83 bits per heavy atom. The van der Waals surface area contributed by atoms with Gasteiger partial charge in [-0.3, -0.25) is 14.4 Å². The van der Waals surface area contributed by atoms with E-state index >= 15 is 0 Å². The van der Waals surface area contributed by atoms with Crippen molar-refractivity contribution in [3.8, 4) is 6.07 Å². The Bertz CT molecular complexity index is 1290. The van der Waals surface area contributed by atoms with Crippen molar-refractivity contribution in [2.75, 3.05) is 25.3 Å². The number of ether oxygens (including phenoxy) is 2. The summed E-state index contributed by atoms with van der Waals surface area (Å²) in [7, 11) is 2.41. The number of thioether (sulfide) groups is 1. The van der Waals surface area contributed by atoms with Crippen LogP contribution < -0.4 is 10.6 Å². The molecule has 3 rings (SSSR count). The van der Waals surface area contributed by atoms with E-state index < -0.39 is 29.7 Å². The number of carbonyl (C=O) groups excluding carboxylic acids is 4. The third kappa shape index (κ3) is 5.95. The minimum atomic E-state index is -1.32. The van der Waals surface area contributed by atoms with E-state index in [2.05, 4.69) is 32.6 Å². The van der Waals surface area contributed by atoms with Crippen LogP contribution in [0, 0.1) is 24.2 Å². The number of anilines is 1. The molecule has 1 heterocycles. The summed E-state index contributed by atoms with van der Waals surface area (Å²) in [5, 5.41) is 15.6. The topological polar surface area (TPSA) is 135 Å². The van der Waals surface area contributed by atoms with Gasteiger partial charge < -0.3 is 20.1 Å². The van der Waals surface area contributed by atoms with Crippen molar-refractivity contribution >= 4 is 57.1 Å². The van der Waals surface area contributed by atoms with Gasteiger partial charge in [0.2, 0.25) is 11.8 Å². The second-order valence-electron chi connectivity index (χ2n) is 7.73. The first-order valence-corrected chi connectivity index (χ1v) is 12.4. The Hall–Kier alpha value is -3.62. The standard InChI is InChI=1S/C25H22BrN3O6S/c1-13-10-16(26)8-9-18(13)28-19(30)12-36-23-17(11-27)20(21(22(31)29-23)25(33)35-3)14-4-6-15(7-5-14)24(32)34-2/h4-10,20-21H,12H2,1-3H3,(H,28,30)(H,29,31)/t20-,21-/m0/s1. The van der Waals surface area contributed by atoms with Gasteiger partial charge in [0.15, 0.2) is 0 Å². The number of allylic oxidation sites excluding steroid dienone is 1. The molecule has 2 aromatic rings. The lowest BCUT2D eigenvalue weighted by Gasteiger charge is -2.31. The van der Waals surface area contributed by atoms with E-state index in [1.165, 1.54) is 19.2 Å². The zero-order chi connectivity index (χ0) is 26.4. The summed E-state index contributed by atoms with van der Waals surface area (Å²) in [6, 6.07) is 13.6. The van der Waals surface area contributed by atoms with Crippen molar-refractivity contribution in [3.05, 3.63) is 74.2 Å². The smallest absolute Gasteiger partial charge is 0.337 e. The number of halogens is 1. The zero-order valence-corrected chi connectivity index (χ0v) is 22.0. The normalized spacial score (nSPS) is 17.0. The highest BCUT2D eigenvalue weighted by Gasteiger charge is 2.44. The number of rotatable bonds is 7. The average molecular weight is 572 g/mol. The van der Waals surface area contributed by atoms with Crippen molar-refractivity contribution in [2.45, 2.75) is 12.8 Å². The third-order valence-electron chi connectivity index (χ3n) is 5.48. The molecule has 0 aromatic heterocycles. The average Bonchev–Trinajstić information content (AvgIpc) is 2.87. The van der Waals surface area contributed by atoms with E-state index in [0.717, 1.165) is 28.9 Å². The number of nitrogens with zero attached hydrogens (tertiary/aromatic N) is 1. The van der Waals surface area contributed by atoms with Crippen LogP contribution in [0.3, 0.4) is 0 Å². The lowest BCUT2D eigenvalue weighted by Crippen LogP contribution is -2.44. The maximum absolute atomic E-state index is 12.9. The van der Waals surface area contributed by atoms with E-state index in [4.69, 9.17) is 9.47 Å². The van der Waals surface area contributed by atoms with Gasteiger partial charge in [0.05, 0.1) is 42.2 Å². The zero-order valence-electron chi connectivity index (χ0n) is 19.6. The quantitative estimate of drug-likeness (QED) is 0.379. The fourth-order valence-electron chi connectivity index (χ4n) is 3.72. The molecule has 2 N–H and O–H groups in total. The van der Waals surface area contributed by atoms with Crippen LogP contribution in [0.25, 0.3) is 0 Å². The van der Waals surface area contributed by atoms with Crippen LogP contribution in [0.1, 0.15) is 27.4 Å². The largest absolute Gasteiger partial charge is 0.468 e. The van der Waals surface area contributed by atoms with Crippen molar-refractivity contribution < 1.29 is 28.7 Å². The molecular weight excluding hydrogens is 550 g/mol. The number of methoxy groups -OCH3 is 2. The Morgan fingerprint density at radius 1 is 1.14 bits per heavy atom. The van der Waals surface area contributed by atoms with Gasteiger partial charge >= 0.3 is 11.9 Å². The summed E-state index contributed by atoms with van der Waals surface area (Å²) in [6.07, 6.45) is 0. The first-order valence-electron chi connectivity index (χ1n) is 10.6. The lowest BCUT2D eigenvalue weighted by molar-refractivity contribution is -0.150. The molecule has 0 saturated carbocycles. The number of hydrogen-bond acceptors (Lipinski definition) is 8. The van der Waals surface area contributed by atoms with Crippen molar-refractivity contribution in [1.29, 1.82) is 5.26 Å². The molecular formula is C25H22BrN3O6S. The first-order chi connectivity index (χ1) is 17.2. The molecule has 1 aliphatic rings. The molecule has 0 unspecified atom stereocenters. The highest BCUT2D eigenvalue weighted by molar-refractivity contribution is 9.10. The van der Waals surface area contributed by atoms with Crippen LogP contribution in [0.15, 0.2) is 57.5 Å². The molecule has 0 saturated heterocycles. The number of benzene rings is 2. The number of carbonyl (C=O) groups is 4. The van der Waals surface area contributed by atoms with Gasteiger partial charge in [0.25, 0.3) is 0 Å². The van der Waals surface area contributed by atoms with Gasteiger partial charge in [-0.05, 0) is 48.4 Å². The van der Waals surface area contributed by atoms with Crippen LogP contribution in [0.5, 0.6) is 0 Å². The first kappa shape index (κ1) is 27.0. The molecule has 2 atom stereocenters. The summed E-state index contributed by atoms with van der Waals surface area (Å²) in [6.45, 7) is 1.86. The second kappa shape index (κ2) is 11.9. The molecule has 11 heteroatoms. The van der Waals surface area contributed by atoms with Crippen molar-refractivity contribution in [1.82, 2.24) is 5.32 Å². The summed E-state index contributed by atoms with van der Waals surface area (Å²) < 4.78 is 10.4. The second-order valence-corrected chi connectivity index (χ2v) is 9.63. The molecule has 0 bridgehead atoms. The van der Waals surface area contributed by atoms with Crippen molar-refractivity contribution in [2.24, 2.45) is 5.92 Å². The molecule has 0 fully saturated rings. The minimum absolute atomic E-state index is 0.0901. The summed E-state index contributed by atoms with van der Waals surface area (Å²) in [5.74, 6) is -4.73. The molecule has 0 radical (unpaired) electrons. The number of nitriles is 1. The maximum Gasteiger partial charge on any atom is 0.337 e. The minimum Gasteiger partial charge on any atom is -0.468 e. The monoisotopic (exact) mass is 571 g/mol. The van der Waals surface area contributed by atoms with E-state index in [0.29, 0.717) is 11.3 Å². The number of nitrogens with one attached hydrogen (secondary N) is 2. The molecule has 9 nitrogen and oxygen atoms in total. The molecule has 36 heavy (non-hydrogen) atoms. The van der Waals surface area contributed by atoms with Crippen LogP contribution in [-0.2, 0) is 23.9 Å². The van der Waals surface area contributed by atoms with Crippen LogP contribution in [0.2, 0.25) is 0 Å². The highest BCUT2D eigenvalue weighted by Crippen LogP contribution is 2.40. The van der Waals surface area contributed by atoms with E-state index in [9.17, 15) is 24.4 Å². The van der Waals surface area contributed by atoms with E-state index in [1.807, 2.05) is 13.0 Å². The van der Waals surface area contributed by atoms with E-state index in [-0.39, 0.29) is 27.8 Å². The van der Waals surface area contributed by atoms with Gasteiger partial charge in [0, 0.05) is 16.1 Å². The Morgan fingerprint density at radius 3 is 2.42 bits per heavy atom. The van der Waals surface area contributed by atoms with Gasteiger partial charge in [0.1, 0.15) is 5.92 Å². The van der Waals surface area contributed by atoms with Crippen LogP contribution in [0.4, 0.5) is 5.69 Å². The fraction of sp³-hybridized carbons (Fsp3) is 0.240. The predicted molar refractivity (Wildman–Crippen MR) is 137 cm³/mol. The fourth-order valence-corrected chi connectivity index (χ4v) is 5.04. The number of hydrogen-bond donors (Lipinski definition) is 2. The number of amides is 2. The van der Waals surface area contributed by atoms with Gasteiger partial charge in [-0.15, -0.1) is 0 Å². The lowest BCUT2D eigenvalue weighted by atomic mass is 9.78. The third-order valence-corrected chi connectivity index (χ3v) is 7.00. The van der Waals surface area contributed by atoms with Gasteiger partial charge in [-0.2, -0.15) is 5.26 Å². The van der Waals surface area contributed by atoms with Crippen LogP contribution in [-0.4, -0.2) is 43.7 Å². The number of esters is 2. The molecule has 186 valence electrons. The maximum atomic E-state index is 12.9. The summed E-state index contributed by atoms with van der Waals surface area (Å²) in [4.78, 5) is 49.8. The Kier molecular flexibility index (Phi) is 8.90. The number of aryl methyl sites for hydroxylation is 1. The Labute approximate surface area is 220 Å². The predicted octanol–water partition coefficient (Wildman–Crippen LogP) is 3.65. The molecule has 0 spiro atoms. The molecule has 0 aliphatic carbocycles. The summed E-state index contributed by atoms with van der Waals surface area (Å²) in [5.41, 5.74) is 2.33. The molecule has 1 aliphatic heterocycles. The summed E-state index contributed by atoms with van der Waals surface area (Å²) >= 11 is 4.35. The van der Waals surface area contributed by atoms with Crippen LogP contribution >= 0.6 is 27.7 Å². The SMILES string of the molecule is COC(=O)c1ccc([C@H]2C(C#N)=C(SCC(=O)Nc3ccc(Br)cc3C)NC(=O)[C@H]2C(=O)OC)cc1. The molecule has 2 amide bonds. The Balaban J connectivity index is 1.91. The molecule has 2 aromatic carbocycles. The van der Waals surface area contributed by atoms with E-state index in [1.54, 1.807) is 24.3 Å². The van der Waals surface area contributed by atoms with Gasteiger partial charge in [-0.25, -0.2) is 4.79 Å². The van der Waals surface area contributed by atoms with Gasteiger partial charge in [-0.1, -0.05) is 39.8 Å². The van der Waals surface area contributed by atoms with Crippen molar-refractivity contribution in [3.63, 3.8) is 0 Å².